The van der Waals surface area contributed by atoms with Gasteiger partial charge in [0.2, 0.25) is 0 Å². The molecule has 0 saturated heterocycles. The molecule has 0 aromatic heterocycles. The van der Waals surface area contributed by atoms with Crippen LogP contribution < -0.4 is 5.73 Å². The van der Waals surface area contributed by atoms with Gasteiger partial charge in [-0.05, 0) is 30.5 Å². The van der Waals surface area contributed by atoms with Crippen LogP contribution in [0.1, 0.15) is 42.9 Å². The van der Waals surface area contributed by atoms with Crippen molar-refractivity contribution in [2.45, 2.75) is 37.1 Å². The first-order valence-electron chi connectivity index (χ1n) is 7.39. The third-order valence-electron chi connectivity index (χ3n) is 4.74. The number of nitrogens with two attached hydrogens (primary N) is 1. The zero-order valence-electron chi connectivity index (χ0n) is 11.9. The second-order valence-electron chi connectivity index (χ2n) is 5.87. The maximum atomic E-state index is 14.3. The van der Waals surface area contributed by atoms with Gasteiger partial charge in [-0.1, -0.05) is 60.8 Å². The first-order valence-corrected chi connectivity index (χ1v) is 7.77. The zero-order chi connectivity index (χ0) is 14.9. The summed E-state index contributed by atoms with van der Waals surface area (Å²) >= 11 is 5.85. The van der Waals surface area contributed by atoms with E-state index in [2.05, 4.69) is 12.1 Å². The van der Waals surface area contributed by atoms with E-state index in [1.807, 2.05) is 18.2 Å². The summed E-state index contributed by atoms with van der Waals surface area (Å²) in [5.74, 6) is -0.308. The van der Waals surface area contributed by atoms with Crippen molar-refractivity contribution in [3.05, 3.63) is 70.5 Å². The van der Waals surface area contributed by atoms with Crippen LogP contribution in [0.2, 0.25) is 5.02 Å². The Bertz CT molecular complexity index is 620. The molecule has 1 aliphatic carbocycles. The van der Waals surface area contributed by atoms with Gasteiger partial charge in [0.15, 0.2) is 0 Å². The topological polar surface area (TPSA) is 26.0 Å². The van der Waals surface area contributed by atoms with E-state index in [1.54, 1.807) is 12.1 Å². The van der Waals surface area contributed by atoms with Gasteiger partial charge in [0, 0.05) is 22.0 Å². The Hall–Kier alpha value is -1.38. The lowest BCUT2D eigenvalue weighted by atomic mass is 9.70. The highest BCUT2D eigenvalue weighted by Crippen LogP contribution is 2.49. The summed E-state index contributed by atoms with van der Waals surface area (Å²) in [6, 6.07) is 14.7. The molecular formula is C18H19ClFN. The average molecular weight is 304 g/mol. The summed E-state index contributed by atoms with van der Waals surface area (Å²) in [4.78, 5) is 0. The van der Waals surface area contributed by atoms with Crippen LogP contribution >= 0.6 is 11.6 Å². The van der Waals surface area contributed by atoms with Crippen LogP contribution in [-0.4, -0.2) is 0 Å². The van der Waals surface area contributed by atoms with Crippen molar-refractivity contribution in [1.29, 1.82) is 0 Å². The number of hydrogen-bond donors (Lipinski definition) is 1. The van der Waals surface area contributed by atoms with Gasteiger partial charge >= 0.3 is 0 Å². The summed E-state index contributed by atoms with van der Waals surface area (Å²) in [5, 5.41) is 0.406. The van der Waals surface area contributed by atoms with E-state index in [4.69, 9.17) is 17.3 Å². The van der Waals surface area contributed by atoms with Crippen molar-refractivity contribution in [1.82, 2.24) is 0 Å². The minimum Gasteiger partial charge on any atom is -0.323 e. The van der Waals surface area contributed by atoms with Gasteiger partial charge in [0.25, 0.3) is 0 Å². The predicted molar refractivity (Wildman–Crippen MR) is 84.9 cm³/mol. The highest BCUT2D eigenvalue weighted by atomic mass is 35.5. The minimum absolute atomic E-state index is 0.171. The van der Waals surface area contributed by atoms with Crippen LogP contribution in [0.25, 0.3) is 0 Å². The molecule has 1 fully saturated rings. The second kappa shape index (κ2) is 5.78. The van der Waals surface area contributed by atoms with Gasteiger partial charge < -0.3 is 5.73 Å². The Labute approximate surface area is 129 Å². The molecule has 1 nitrogen and oxygen atoms in total. The molecule has 0 radical (unpaired) electrons. The standard InChI is InChI=1S/C18H19ClFN/c19-14-8-9-15(16(20)12-14)17(21)18(10-4-5-11-18)13-6-2-1-3-7-13/h1-3,6-9,12,17H,4-5,10-11,21H2. The average Bonchev–Trinajstić information content (AvgIpc) is 2.98. The molecule has 0 heterocycles. The molecule has 3 rings (SSSR count). The number of halogens is 2. The monoisotopic (exact) mass is 303 g/mol. The SMILES string of the molecule is NC(c1ccc(Cl)cc1F)C1(c2ccccc2)CCCC1. The molecule has 3 heteroatoms. The Morgan fingerprint density at radius 1 is 1.05 bits per heavy atom. The van der Waals surface area contributed by atoms with E-state index in [0.717, 1.165) is 25.7 Å². The van der Waals surface area contributed by atoms with Gasteiger partial charge in [0.1, 0.15) is 5.82 Å². The fourth-order valence-corrected chi connectivity index (χ4v) is 3.77. The molecule has 0 bridgehead atoms. The van der Waals surface area contributed by atoms with Crippen LogP contribution in [0.5, 0.6) is 0 Å². The van der Waals surface area contributed by atoms with Crippen molar-refractivity contribution in [2.75, 3.05) is 0 Å². The van der Waals surface area contributed by atoms with E-state index in [0.29, 0.717) is 10.6 Å². The quantitative estimate of drug-likeness (QED) is 0.849. The molecule has 1 atom stereocenters. The van der Waals surface area contributed by atoms with Crippen molar-refractivity contribution in [3.63, 3.8) is 0 Å². The molecule has 21 heavy (non-hydrogen) atoms. The van der Waals surface area contributed by atoms with Crippen molar-refractivity contribution in [2.24, 2.45) is 5.73 Å². The van der Waals surface area contributed by atoms with Crippen LogP contribution in [0.15, 0.2) is 48.5 Å². The maximum absolute atomic E-state index is 14.3. The lowest BCUT2D eigenvalue weighted by molar-refractivity contribution is 0.348. The molecule has 1 aliphatic rings. The molecule has 0 aliphatic heterocycles. The maximum Gasteiger partial charge on any atom is 0.129 e. The molecule has 0 amide bonds. The Kier molecular flexibility index (Phi) is 4.01. The Morgan fingerprint density at radius 2 is 1.71 bits per heavy atom. The molecule has 2 aromatic carbocycles. The first-order chi connectivity index (χ1) is 10.1. The van der Waals surface area contributed by atoms with E-state index in [9.17, 15) is 4.39 Å². The summed E-state index contributed by atoms with van der Waals surface area (Å²) in [7, 11) is 0. The number of benzene rings is 2. The fraction of sp³-hybridized carbons (Fsp3) is 0.333. The first kappa shape index (κ1) is 14.6. The van der Waals surface area contributed by atoms with Crippen LogP contribution in [0.3, 0.4) is 0 Å². The van der Waals surface area contributed by atoms with Crippen molar-refractivity contribution in [3.8, 4) is 0 Å². The van der Waals surface area contributed by atoms with E-state index in [-0.39, 0.29) is 17.3 Å². The summed E-state index contributed by atoms with van der Waals surface area (Å²) in [6.45, 7) is 0. The Morgan fingerprint density at radius 3 is 2.33 bits per heavy atom. The zero-order valence-corrected chi connectivity index (χ0v) is 12.6. The lowest BCUT2D eigenvalue weighted by Crippen LogP contribution is -2.36. The molecule has 2 aromatic rings. The van der Waals surface area contributed by atoms with Gasteiger partial charge in [-0.3, -0.25) is 0 Å². The lowest BCUT2D eigenvalue weighted by Gasteiger charge is -2.36. The van der Waals surface area contributed by atoms with Crippen molar-refractivity contribution < 1.29 is 4.39 Å². The normalized spacial score (nSPS) is 18.6. The van der Waals surface area contributed by atoms with E-state index in [1.165, 1.54) is 11.6 Å². The van der Waals surface area contributed by atoms with Gasteiger partial charge in [-0.25, -0.2) is 4.39 Å². The summed E-state index contributed by atoms with van der Waals surface area (Å²) in [5.41, 5.74) is 8.14. The smallest absolute Gasteiger partial charge is 0.129 e. The minimum atomic E-state index is -0.348. The van der Waals surface area contributed by atoms with Gasteiger partial charge in [0.05, 0.1) is 0 Å². The van der Waals surface area contributed by atoms with Crippen LogP contribution in [0, 0.1) is 5.82 Å². The van der Waals surface area contributed by atoms with Gasteiger partial charge in [-0.2, -0.15) is 0 Å². The van der Waals surface area contributed by atoms with E-state index < -0.39 is 0 Å². The second-order valence-corrected chi connectivity index (χ2v) is 6.31. The summed E-state index contributed by atoms with van der Waals surface area (Å²) in [6.07, 6.45) is 4.27. The molecule has 110 valence electrons. The Balaban J connectivity index is 2.05. The van der Waals surface area contributed by atoms with Crippen LogP contribution in [-0.2, 0) is 5.41 Å². The molecular weight excluding hydrogens is 285 g/mol. The largest absolute Gasteiger partial charge is 0.323 e. The van der Waals surface area contributed by atoms with Crippen LogP contribution in [0.4, 0.5) is 4.39 Å². The fourth-order valence-electron chi connectivity index (χ4n) is 3.61. The highest BCUT2D eigenvalue weighted by Gasteiger charge is 2.42. The third kappa shape index (κ3) is 2.58. The number of rotatable bonds is 3. The molecule has 1 saturated carbocycles. The third-order valence-corrected chi connectivity index (χ3v) is 4.97. The molecule has 2 N–H and O–H groups in total. The molecule has 1 unspecified atom stereocenters. The van der Waals surface area contributed by atoms with Gasteiger partial charge in [-0.15, -0.1) is 0 Å². The van der Waals surface area contributed by atoms with E-state index >= 15 is 0 Å². The highest BCUT2D eigenvalue weighted by molar-refractivity contribution is 6.30. The summed E-state index contributed by atoms with van der Waals surface area (Å²) < 4.78 is 14.3. The number of hydrogen-bond acceptors (Lipinski definition) is 1. The van der Waals surface area contributed by atoms with Crippen molar-refractivity contribution >= 4 is 11.6 Å². The predicted octanol–water partition coefficient (Wildman–Crippen LogP) is 4.99. The molecule has 0 spiro atoms.